The molecule has 0 aromatic carbocycles. The number of carbonyl (C=O) groups excluding carboxylic acids is 2. The van der Waals surface area contributed by atoms with Gasteiger partial charge in [0.2, 0.25) is 11.8 Å². The minimum atomic E-state index is 0.118. The highest BCUT2D eigenvalue weighted by Gasteiger charge is 2.41. The summed E-state index contributed by atoms with van der Waals surface area (Å²) in [5.41, 5.74) is 1.34. The third-order valence-electron chi connectivity index (χ3n) is 13.5. The van der Waals surface area contributed by atoms with E-state index in [1.54, 1.807) is 9.80 Å². The monoisotopic (exact) mass is 920 g/mol. The second-order valence-electron chi connectivity index (χ2n) is 23.6. The van der Waals surface area contributed by atoms with E-state index < -0.39 is 0 Å². The van der Waals surface area contributed by atoms with Gasteiger partial charge >= 0.3 is 0 Å². The van der Waals surface area contributed by atoms with Crippen molar-refractivity contribution in [2.75, 3.05) is 21.1 Å². The lowest BCUT2D eigenvalue weighted by molar-refractivity contribution is -0.135. The summed E-state index contributed by atoms with van der Waals surface area (Å²) in [6.45, 7) is 74.3. The molecule has 0 rings (SSSR count). The molecule has 0 radical (unpaired) electrons. The van der Waals surface area contributed by atoms with E-state index in [-0.39, 0.29) is 23.7 Å². The summed E-state index contributed by atoms with van der Waals surface area (Å²) in [7, 11) is 5.83. The molecule has 0 aromatic heterocycles. The van der Waals surface area contributed by atoms with Gasteiger partial charge in [-0.05, 0) is 141 Å². The van der Waals surface area contributed by atoms with Crippen molar-refractivity contribution < 1.29 is 14.3 Å². The van der Waals surface area contributed by atoms with E-state index in [0.29, 0.717) is 52.6 Å². The fraction of sp³-hybridized carbons (Fsp3) is 0.964. The van der Waals surface area contributed by atoms with E-state index in [1.807, 2.05) is 109 Å². The Morgan fingerprint density at radius 2 is 0.603 bits per heavy atom. The van der Waals surface area contributed by atoms with E-state index in [9.17, 15) is 9.59 Å². The van der Waals surface area contributed by atoms with Crippen molar-refractivity contribution in [2.45, 2.75) is 282 Å². The number of hydrogen-bond donors (Lipinski definition) is 0. The summed E-state index contributed by atoms with van der Waals surface area (Å²) in [6.07, 6.45) is 0.750. The number of thioether (sulfide) groups is 1. The van der Waals surface area contributed by atoms with Gasteiger partial charge in [-0.1, -0.05) is 152 Å². The maximum Gasteiger partial charge on any atom is 0.225 e. The van der Waals surface area contributed by atoms with E-state index in [0.717, 1.165) is 34.2 Å². The van der Waals surface area contributed by atoms with Crippen LogP contribution in [-0.4, -0.2) is 94.5 Å². The second-order valence-corrected chi connectivity index (χ2v) is 25.8. The average Bonchev–Trinajstić information content (AvgIpc) is 3.09. The zero-order valence-corrected chi connectivity index (χ0v) is 51.4. The molecule has 0 N–H and O–H groups in total. The van der Waals surface area contributed by atoms with Gasteiger partial charge in [-0.15, -0.1) is 0 Å². The third kappa shape index (κ3) is 41.2. The lowest BCUT2D eigenvalue weighted by Gasteiger charge is -2.48. The fourth-order valence-corrected chi connectivity index (χ4v) is 6.25. The first-order valence-electron chi connectivity index (χ1n) is 25.3. The summed E-state index contributed by atoms with van der Waals surface area (Å²) in [5, 5.41) is 1.58. The highest BCUT2D eigenvalue weighted by Crippen LogP contribution is 2.48. The van der Waals surface area contributed by atoms with Crippen LogP contribution in [0.25, 0.3) is 0 Å². The van der Waals surface area contributed by atoms with E-state index >= 15 is 0 Å². The molecule has 6 nitrogen and oxygen atoms in total. The first-order chi connectivity index (χ1) is 27.8. The van der Waals surface area contributed by atoms with Gasteiger partial charge in [0.1, 0.15) is 0 Å². The van der Waals surface area contributed by atoms with E-state index in [1.165, 1.54) is 0 Å². The molecule has 2 amide bonds. The van der Waals surface area contributed by atoms with Gasteiger partial charge < -0.3 is 19.4 Å². The highest BCUT2D eigenvalue weighted by atomic mass is 32.2. The number of carbonyl (C=O) groups is 2. The van der Waals surface area contributed by atoms with Gasteiger partial charge in [-0.2, -0.15) is 11.8 Å². The molecule has 0 fully saturated rings. The molecule has 0 aliphatic rings. The van der Waals surface area contributed by atoms with Crippen LogP contribution in [0.1, 0.15) is 235 Å². The summed E-state index contributed by atoms with van der Waals surface area (Å²) in [5.74, 6) is 3.74. The Bertz CT molecular complexity index is 960. The molecule has 0 bridgehead atoms. The molecule has 0 unspecified atom stereocenters. The molecule has 0 saturated heterocycles. The molecule has 0 aliphatic heterocycles. The Hall–Kier alpha value is -0.790. The first kappa shape index (κ1) is 76.5. The molecular formula is C56H125N3O3S. The largest absolute Gasteiger partial charge is 0.376 e. The summed E-state index contributed by atoms with van der Waals surface area (Å²) >= 11 is 2.01. The van der Waals surface area contributed by atoms with Crippen LogP contribution < -0.4 is 0 Å². The minimum Gasteiger partial charge on any atom is -0.376 e. The molecule has 0 aromatic rings. The molecule has 0 spiro atoms. The molecule has 0 saturated carbocycles. The summed E-state index contributed by atoms with van der Waals surface area (Å²) in [4.78, 5) is 28.3. The lowest BCUT2D eigenvalue weighted by atomic mass is 9.57. The SMILES string of the molecule is CC(C)C(=O)N(C)C(C)C.CC(C)C(=O)N(C)C(C)C.CC(C)C(C)(C)C(C)(C)C(C)C.CC(C)C(C)(C)C(C)C.CC(C)N(C)C(C)C.CC(C)OC(C)C.CC(C)SC(C)C. The first-order valence-corrected chi connectivity index (χ1v) is 26.3. The number of hydrogen-bond acceptors (Lipinski definition) is 5. The van der Waals surface area contributed by atoms with Gasteiger partial charge in [0.05, 0.1) is 12.2 Å². The van der Waals surface area contributed by atoms with Crippen LogP contribution in [0, 0.1) is 51.8 Å². The standard InChI is InChI=1S/C12H26.C9H20.2C8H17NO.C7H17N.C6H14O.C6H14S/c1-9(2)11(5,6)12(7,8)10(3)4;1-7(2)9(5,6)8(3)4;2*1-6(2)8(10)9(5)7(3)4;1-6(2)8(5)7(3)4;2*1-5(2)7-6(3)4/h9-10H,1-8H3;7-8H,1-6H3;2*6-7H,1-5H3;6-7H,1-5H3;2*5-6H,1-4H3. The van der Waals surface area contributed by atoms with Crippen LogP contribution in [0.15, 0.2) is 0 Å². The highest BCUT2D eigenvalue weighted by molar-refractivity contribution is 8.00. The van der Waals surface area contributed by atoms with Crippen molar-refractivity contribution >= 4 is 23.6 Å². The molecule has 0 atom stereocenters. The van der Waals surface area contributed by atoms with Crippen LogP contribution in [-0.2, 0) is 14.3 Å². The zero-order valence-electron chi connectivity index (χ0n) is 50.6. The van der Waals surface area contributed by atoms with Crippen LogP contribution in [0.4, 0.5) is 0 Å². The van der Waals surface area contributed by atoms with Crippen molar-refractivity contribution in [1.29, 1.82) is 0 Å². The van der Waals surface area contributed by atoms with Crippen LogP contribution in [0.3, 0.4) is 0 Å². The quantitative estimate of drug-likeness (QED) is 0.164. The maximum absolute atomic E-state index is 11.2. The van der Waals surface area contributed by atoms with Crippen molar-refractivity contribution in [2.24, 2.45) is 51.8 Å². The van der Waals surface area contributed by atoms with Crippen LogP contribution in [0.5, 0.6) is 0 Å². The van der Waals surface area contributed by atoms with Crippen LogP contribution in [0.2, 0.25) is 0 Å². The Morgan fingerprint density at radius 3 is 0.635 bits per heavy atom. The fourth-order valence-electron chi connectivity index (χ4n) is 5.16. The Morgan fingerprint density at radius 1 is 0.381 bits per heavy atom. The lowest BCUT2D eigenvalue weighted by Crippen LogP contribution is -2.40. The van der Waals surface area contributed by atoms with Crippen molar-refractivity contribution in [1.82, 2.24) is 14.7 Å². The Balaban J connectivity index is -0.000000117. The summed E-state index contributed by atoms with van der Waals surface area (Å²) < 4.78 is 5.25. The molecule has 0 aliphatic carbocycles. The molecule has 63 heavy (non-hydrogen) atoms. The average molecular weight is 921 g/mol. The van der Waals surface area contributed by atoms with Crippen molar-refractivity contribution in [3.63, 3.8) is 0 Å². The zero-order chi connectivity index (χ0) is 52.9. The van der Waals surface area contributed by atoms with Crippen LogP contribution >= 0.6 is 11.8 Å². The smallest absolute Gasteiger partial charge is 0.225 e. The number of ether oxygens (including phenoxy) is 1. The van der Waals surface area contributed by atoms with E-state index in [4.69, 9.17) is 4.74 Å². The molecular weight excluding hydrogens is 795 g/mol. The van der Waals surface area contributed by atoms with Gasteiger partial charge in [0.25, 0.3) is 0 Å². The van der Waals surface area contributed by atoms with E-state index in [2.05, 4.69) is 164 Å². The predicted octanol–water partition coefficient (Wildman–Crippen LogP) is 16.8. The topological polar surface area (TPSA) is 53.1 Å². The molecule has 388 valence electrons. The number of nitrogens with zero attached hydrogens (tertiary/aromatic N) is 3. The second kappa shape index (κ2) is 38.2. The van der Waals surface area contributed by atoms with Crippen molar-refractivity contribution in [3.8, 4) is 0 Å². The maximum atomic E-state index is 11.2. The number of amides is 2. The van der Waals surface area contributed by atoms with Gasteiger partial charge in [0, 0.05) is 50.1 Å². The third-order valence-corrected chi connectivity index (χ3v) is 14.6. The minimum absolute atomic E-state index is 0.118. The predicted molar refractivity (Wildman–Crippen MR) is 293 cm³/mol. The number of rotatable bonds is 15. The Labute approximate surface area is 406 Å². The van der Waals surface area contributed by atoms with Crippen molar-refractivity contribution in [3.05, 3.63) is 0 Å². The van der Waals surface area contributed by atoms with Gasteiger partial charge in [-0.25, -0.2) is 0 Å². The van der Waals surface area contributed by atoms with Gasteiger partial charge in [-0.3, -0.25) is 9.59 Å². The van der Waals surface area contributed by atoms with Gasteiger partial charge in [0.15, 0.2) is 0 Å². The normalized spacial score (nSPS) is 12.1. The molecule has 0 heterocycles. The summed E-state index contributed by atoms with van der Waals surface area (Å²) in [6, 6.07) is 1.98. The Kier molecular flexibility index (Phi) is 46.4. The molecule has 7 heteroatoms.